The van der Waals surface area contributed by atoms with Gasteiger partial charge in [0.25, 0.3) is 0 Å². The summed E-state index contributed by atoms with van der Waals surface area (Å²) in [5, 5.41) is 9.73. The number of fused-ring (bicyclic) bond motifs is 1. The Kier molecular flexibility index (Phi) is 3.29. The van der Waals surface area contributed by atoms with Gasteiger partial charge in [-0.05, 0) is 42.3 Å². The molecule has 0 saturated carbocycles. The molecule has 0 aliphatic rings. The van der Waals surface area contributed by atoms with E-state index >= 15 is 0 Å². The third kappa shape index (κ3) is 2.29. The zero-order chi connectivity index (χ0) is 15.9. The number of aryl methyl sites for hydroxylation is 2. The van der Waals surface area contributed by atoms with E-state index in [1.165, 1.54) is 0 Å². The van der Waals surface area contributed by atoms with Crippen molar-refractivity contribution >= 4 is 16.9 Å². The van der Waals surface area contributed by atoms with E-state index in [-0.39, 0.29) is 11.0 Å². The minimum absolute atomic E-state index is 0.00402. The fourth-order valence-corrected chi connectivity index (χ4v) is 2.67. The van der Waals surface area contributed by atoms with Crippen molar-refractivity contribution in [2.75, 3.05) is 0 Å². The van der Waals surface area contributed by atoms with Gasteiger partial charge in [0.2, 0.25) is 0 Å². The van der Waals surface area contributed by atoms with Crippen LogP contribution < -0.4 is 5.43 Å². The van der Waals surface area contributed by atoms with E-state index < -0.39 is 5.97 Å². The summed E-state index contributed by atoms with van der Waals surface area (Å²) in [6, 6.07) is 12.3. The van der Waals surface area contributed by atoms with Crippen molar-refractivity contribution in [3.63, 3.8) is 0 Å². The van der Waals surface area contributed by atoms with Crippen molar-refractivity contribution in [3.8, 4) is 11.1 Å². The van der Waals surface area contributed by atoms with Crippen LogP contribution in [0.5, 0.6) is 0 Å². The van der Waals surface area contributed by atoms with Gasteiger partial charge in [0.1, 0.15) is 0 Å². The molecular formula is C18H15NO3. The van der Waals surface area contributed by atoms with Crippen LogP contribution >= 0.6 is 0 Å². The number of aromatic nitrogens is 1. The summed E-state index contributed by atoms with van der Waals surface area (Å²) in [4.78, 5) is 23.4. The van der Waals surface area contributed by atoms with E-state index in [0.29, 0.717) is 10.9 Å². The number of benzene rings is 2. The molecule has 1 N–H and O–H groups in total. The zero-order valence-electron chi connectivity index (χ0n) is 12.3. The second-order valence-electron chi connectivity index (χ2n) is 5.37. The Hall–Kier alpha value is -2.88. The van der Waals surface area contributed by atoms with Crippen LogP contribution in [-0.4, -0.2) is 15.6 Å². The van der Waals surface area contributed by atoms with Gasteiger partial charge in [0.15, 0.2) is 5.43 Å². The summed E-state index contributed by atoms with van der Waals surface area (Å²) in [6.07, 6.45) is 1.81. The Labute approximate surface area is 127 Å². The largest absolute Gasteiger partial charge is 0.478 e. The van der Waals surface area contributed by atoms with Crippen molar-refractivity contribution in [2.24, 2.45) is 7.05 Å². The molecule has 1 heterocycles. The maximum absolute atomic E-state index is 12.3. The molecule has 0 spiro atoms. The van der Waals surface area contributed by atoms with Crippen molar-refractivity contribution in [1.29, 1.82) is 0 Å². The molecule has 2 aromatic carbocycles. The standard InChI is InChI=1S/C18H15NO3/c1-11-10-19(2)16-7-6-13(9-15(16)17(11)20)12-4-3-5-14(8-12)18(21)22/h3-10H,1-2H3,(H,21,22). The number of nitrogens with zero attached hydrogens (tertiary/aromatic N) is 1. The maximum atomic E-state index is 12.3. The van der Waals surface area contributed by atoms with Crippen LogP contribution in [0.4, 0.5) is 0 Å². The highest BCUT2D eigenvalue weighted by Crippen LogP contribution is 2.24. The first-order valence-corrected chi connectivity index (χ1v) is 6.91. The number of aromatic carboxylic acids is 1. The highest BCUT2D eigenvalue weighted by Gasteiger charge is 2.08. The lowest BCUT2D eigenvalue weighted by atomic mass is 10.0. The minimum atomic E-state index is -0.964. The van der Waals surface area contributed by atoms with Gasteiger partial charge in [-0.25, -0.2) is 4.79 Å². The number of carboxylic acid groups (broad SMARTS) is 1. The molecule has 0 fully saturated rings. The molecule has 0 atom stereocenters. The predicted octanol–water partition coefficient (Wildman–Crippen LogP) is 3.21. The van der Waals surface area contributed by atoms with Crippen LogP contribution in [0, 0.1) is 6.92 Å². The second-order valence-corrected chi connectivity index (χ2v) is 5.37. The highest BCUT2D eigenvalue weighted by molar-refractivity contribution is 5.90. The Morgan fingerprint density at radius 1 is 1.09 bits per heavy atom. The van der Waals surface area contributed by atoms with Crippen molar-refractivity contribution in [2.45, 2.75) is 6.92 Å². The van der Waals surface area contributed by atoms with E-state index in [9.17, 15) is 9.59 Å². The summed E-state index contributed by atoms with van der Waals surface area (Å²) >= 11 is 0. The molecule has 0 saturated heterocycles. The first kappa shape index (κ1) is 14.1. The van der Waals surface area contributed by atoms with E-state index in [4.69, 9.17) is 5.11 Å². The van der Waals surface area contributed by atoms with E-state index in [0.717, 1.165) is 16.6 Å². The Morgan fingerprint density at radius 2 is 1.82 bits per heavy atom. The van der Waals surface area contributed by atoms with Crippen molar-refractivity contribution in [3.05, 3.63) is 70.0 Å². The molecule has 0 aliphatic carbocycles. The number of pyridine rings is 1. The van der Waals surface area contributed by atoms with Crippen LogP contribution in [0.1, 0.15) is 15.9 Å². The molecule has 3 rings (SSSR count). The minimum Gasteiger partial charge on any atom is -0.478 e. The molecule has 0 unspecified atom stereocenters. The van der Waals surface area contributed by atoms with E-state index in [1.807, 2.05) is 42.1 Å². The molecule has 110 valence electrons. The van der Waals surface area contributed by atoms with Gasteiger partial charge < -0.3 is 9.67 Å². The number of hydrogen-bond donors (Lipinski definition) is 1. The summed E-state index contributed by atoms with van der Waals surface area (Å²) < 4.78 is 1.92. The predicted molar refractivity (Wildman–Crippen MR) is 86.3 cm³/mol. The average Bonchev–Trinajstić information content (AvgIpc) is 2.52. The first-order chi connectivity index (χ1) is 10.5. The zero-order valence-corrected chi connectivity index (χ0v) is 12.3. The van der Waals surface area contributed by atoms with Crippen molar-refractivity contribution in [1.82, 2.24) is 4.57 Å². The first-order valence-electron chi connectivity index (χ1n) is 6.91. The Balaban J connectivity index is 2.25. The third-order valence-electron chi connectivity index (χ3n) is 3.81. The van der Waals surface area contributed by atoms with E-state index in [2.05, 4.69) is 0 Å². The van der Waals surface area contributed by atoms with E-state index in [1.54, 1.807) is 25.1 Å². The third-order valence-corrected chi connectivity index (χ3v) is 3.81. The van der Waals surface area contributed by atoms with Crippen LogP contribution in [-0.2, 0) is 7.05 Å². The summed E-state index contributed by atoms with van der Waals surface area (Å²) in [6.45, 7) is 1.79. The monoisotopic (exact) mass is 293 g/mol. The average molecular weight is 293 g/mol. The Morgan fingerprint density at radius 3 is 2.55 bits per heavy atom. The topological polar surface area (TPSA) is 59.3 Å². The van der Waals surface area contributed by atoms with Crippen LogP contribution in [0.15, 0.2) is 53.5 Å². The second kappa shape index (κ2) is 5.15. The van der Waals surface area contributed by atoms with Gasteiger partial charge in [-0.1, -0.05) is 18.2 Å². The fourth-order valence-electron chi connectivity index (χ4n) is 2.67. The van der Waals surface area contributed by atoms with Crippen LogP contribution in [0.25, 0.3) is 22.0 Å². The molecule has 22 heavy (non-hydrogen) atoms. The smallest absolute Gasteiger partial charge is 0.335 e. The van der Waals surface area contributed by atoms with Crippen LogP contribution in [0.2, 0.25) is 0 Å². The molecule has 4 heteroatoms. The van der Waals surface area contributed by atoms with Crippen molar-refractivity contribution < 1.29 is 9.90 Å². The van der Waals surface area contributed by atoms with Crippen LogP contribution in [0.3, 0.4) is 0 Å². The van der Waals surface area contributed by atoms with Gasteiger partial charge in [0.05, 0.1) is 11.1 Å². The fraction of sp³-hybridized carbons (Fsp3) is 0.111. The summed E-state index contributed by atoms with van der Waals surface area (Å²) in [5.41, 5.74) is 3.39. The number of hydrogen-bond acceptors (Lipinski definition) is 2. The molecule has 3 aromatic rings. The Bertz CT molecular complexity index is 954. The quantitative estimate of drug-likeness (QED) is 0.789. The number of carboxylic acids is 1. The normalized spacial score (nSPS) is 10.8. The van der Waals surface area contributed by atoms with Gasteiger partial charge in [-0.3, -0.25) is 4.79 Å². The maximum Gasteiger partial charge on any atom is 0.335 e. The highest BCUT2D eigenvalue weighted by atomic mass is 16.4. The number of rotatable bonds is 2. The summed E-state index contributed by atoms with van der Waals surface area (Å²) in [5.74, 6) is -0.964. The number of carbonyl (C=O) groups is 1. The molecule has 0 amide bonds. The molecule has 0 bridgehead atoms. The SMILES string of the molecule is Cc1cn(C)c2ccc(-c3cccc(C(=O)O)c3)cc2c1=O. The molecule has 4 nitrogen and oxygen atoms in total. The molecular weight excluding hydrogens is 278 g/mol. The molecule has 0 aliphatic heterocycles. The van der Waals surface area contributed by atoms with Gasteiger partial charge in [-0.2, -0.15) is 0 Å². The lowest BCUT2D eigenvalue weighted by Gasteiger charge is -2.09. The lowest BCUT2D eigenvalue weighted by molar-refractivity contribution is 0.0697. The molecule has 1 aromatic heterocycles. The van der Waals surface area contributed by atoms with Gasteiger partial charge in [-0.15, -0.1) is 0 Å². The molecule has 0 radical (unpaired) electrons. The lowest BCUT2D eigenvalue weighted by Crippen LogP contribution is -2.10. The summed E-state index contributed by atoms with van der Waals surface area (Å²) in [7, 11) is 1.90. The van der Waals surface area contributed by atoms with Gasteiger partial charge >= 0.3 is 5.97 Å². The van der Waals surface area contributed by atoms with Gasteiger partial charge in [0, 0.05) is 24.2 Å².